The van der Waals surface area contributed by atoms with Crippen LogP contribution in [-0.4, -0.2) is 25.0 Å². The Kier molecular flexibility index (Phi) is 3.53. The van der Waals surface area contributed by atoms with E-state index in [-0.39, 0.29) is 17.4 Å². The van der Waals surface area contributed by atoms with E-state index in [1.165, 1.54) is 0 Å². The highest BCUT2D eigenvalue weighted by atomic mass is 16.1. The molecule has 1 heterocycles. The fourth-order valence-corrected chi connectivity index (χ4v) is 1.81. The molecule has 0 bridgehead atoms. The van der Waals surface area contributed by atoms with Crippen LogP contribution in [0.15, 0.2) is 0 Å². The largest absolute Gasteiger partial charge is 0.351 e. The van der Waals surface area contributed by atoms with Crippen LogP contribution >= 0.6 is 0 Å². The van der Waals surface area contributed by atoms with Gasteiger partial charge in [0.2, 0.25) is 5.91 Å². The summed E-state index contributed by atoms with van der Waals surface area (Å²) >= 11 is 0. The predicted molar refractivity (Wildman–Crippen MR) is 58.0 cm³/mol. The van der Waals surface area contributed by atoms with Gasteiger partial charge in [0.05, 0.1) is 0 Å². The Labute approximate surface area is 86.6 Å². The van der Waals surface area contributed by atoms with Crippen LogP contribution in [0.2, 0.25) is 0 Å². The van der Waals surface area contributed by atoms with E-state index >= 15 is 0 Å². The fraction of sp³-hybridized carbons (Fsp3) is 0.909. The second kappa shape index (κ2) is 4.30. The van der Waals surface area contributed by atoms with Gasteiger partial charge >= 0.3 is 0 Å². The second-order valence-electron chi connectivity index (χ2n) is 5.34. The van der Waals surface area contributed by atoms with Crippen LogP contribution < -0.4 is 10.6 Å². The molecule has 1 amide bonds. The average molecular weight is 198 g/mol. The molecule has 1 aliphatic heterocycles. The lowest BCUT2D eigenvalue weighted by molar-refractivity contribution is -0.122. The summed E-state index contributed by atoms with van der Waals surface area (Å²) in [6.45, 7) is 10.4. The number of hydrogen-bond donors (Lipinski definition) is 2. The molecule has 0 aromatic heterocycles. The number of carbonyl (C=O) groups excluding carboxylic acids is 1. The van der Waals surface area contributed by atoms with Gasteiger partial charge < -0.3 is 10.6 Å². The molecule has 0 aliphatic carbocycles. The summed E-state index contributed by atoms with van der Waals surface area (Å²) in [6, 6.07) is 0.286. The third-order valence-electron chi connectivity index (χ3n) is 2.80. The summed E-state index contributed by atoms with van der Waals surface area (Å²) in [6.07, 6.45) is 0.632. The van der Waals surface area contributed by atoms with Crippen molar-refractivity contribution in [2.45, 2.75) is 40.2 Å². The van der Waals surface area contributed by atoms with E-state index in [1.54, 1.807) is 0 Å². The van der Waals surface area contributed by atoms with E-state index in [2.05, 4.69) is 38.3 Å². The van der Waals surface area contributed by atoms with E-state index in [4.69, 9.17) is 0 Å². The minimum atomic E-state index is 0.182. The molecule has 82 valence electrons. The van der Waals surface area contributed by atoms with Gasteiger partial charge in [0.1, 0.15) is 0 Å². The molecule has 1 saturated heterocycles. The van der Waals surface area contributed by atoms with Crippen molar-refractivity contribution in [3.05, 3.63) is 0 Å². The minimum absolute atomic E-state index is 0.182. The van der Waals surface area contributed by atoms with E-state index < -0.39 is 0 Å². The van der Waals surface area contributed by atoms with E-state index in [0.29, 0.717) is 12.3 Å². The van der Waals surface area contributed by atoms with Crippen LogP contribution in [0.25, 0.3) is 0 Å². The summed E-state index contributed by atoms with van der Waals surface area (Å²) < 4.78 is 0. The first kappa shape index (κ1) is 11.5. The molecule has 0 aromatic rings. The lowest BCUT2D eigenvalue weighted by atomic mass is 9.87. The third kappa shape index (κ3) is 2.98. The zero-order valence-electron chi connectivity index (χ0n) is 9.68. The SMILES string of the molecule is CC(C)CC(=O)NC1CNCC1(C)C. The molecule has 0 saturated carbocycles. The first-order chi connectivity index (χ1) is 6.42. The van der Waals surface area contributed by atoms with Crippen molar-refractivity contribution in [1.29, 1.82) is 0 Å². The molecule has 1 aliphatic rings. The van der Waals surface area contributed by atoms with Gasteiger partial charge in [0.15, 0.2) is 0 Å². The normalized spacial score (nSPS) is 25.4. The van der Waals surface area contributed by atoms with Crippen molar-refractivity contribution in [2.75, 3.05) is 13.1 Å². The topological polar surface area (TPSA) is 41.1 Å². The molecule has 2 N–H and O–H groups in total. The first-order valence-electron chi connectivity index (χ1n) is 5.42. The van der Waals surface area contributed by atoms with Crippen LogP contribution in [-0.2, 0) is 4.79 Å². The molecule has 1 unspecified atom stereocenters. The van der Waals surface area contributed by atoms with Gasteiger partial charge in [-0.15, -0.1) is 0 Å². The molecule has 3 nitrogen and oxygen atoms in total. The highest BCUT2D eigenvalue weighted by molar-refractivity contribution is 5.76. The van der Waals surface area contributed by atoms with Crippen LogP contribution in [0.1, 0.15) is 34.1 Å². The van der Waals surface area contributed by atoms with Crippen LogP contribution in [0, 0.1) is 11.3 Å². The highest BCUT2D eigenvalue weighted by Crippen LogP contribution is 2.23. The molecule has 1 rings (SSSR count). The van der Waals surface area contributed by atoms with Crippen molar-refractivity contribution < 1.29 is 4.79 Å². The standard InChI is InChI=1S/C11H22N2O/c1-8(2)5-10(14)13-9-6-12-7-11(9,3)4/h8-9,12H,5-7H2,1-4H3,(H,13,14). The third-order valence-corrected chi connectivity index (χ3v) is 2.80. The first-order valence-corrected chi connectivity index (χ1v) is 5.42. The predicted octanol–water partition coefficient (Wildman–Crippen LogP) is 1.15. The Bertz CT molecular complexity index is 211. The number of hydrogen-bond acceptors (Lipinski definition) is 2. The molecule has 0 spiro atoms. The molecule has 3 heteroatoms. The smallest absolute Gasteiger partial charge is 0.220 e. The van der Waals surface area contributed by atoms with Gasteiger partial charge in [0.25, 0.3) is 0 Å². The second-order valence-corrected chi connectivity index (χ2v) is 5.34. The molecular formula is C11H22N2O. The molecular weight excluding hydrogens is 176 g/mol. The summed E-state index contributed by atoms with van der Waals surface area (Å²) in [7, 11) is 0. The number of carbonyl (C=O) groups is 1. The lowest BCUT2D eigenvalue weighted by Gasteiger charge is -2.26. The lowest BCUT2D eigenvalue weighted by Crippen LogP contribution is -2.44. The Morgan fingerprint density at radius 1 is 1.57 bits per heavy atom. The summed E-state index contributed by atoms with van der Waals surface area (Å²) in [5, 5.41) is 6.41. The van der Waals surface area contributed by atoms with E-state index in [9.17, 15) is 4.79 Å². The van der Waals surface area contributed by atoms with Gasteiger partial charge in [-0.05, 0) is 11.3 Å². The Balaban J connectivity index is 2.40. The summed E-state index contributed by atoms with van der Waals surface area (Å²) in [5.74, 6) is 0.620. The van der Waals surface area contributed by atoms with Crippen molar-refractivity contribution in [3.63, 3.8) is 0 Å². The maximum atomic E-state index is 11.6. The average Bonchev–Trinajstić information content (AvgIpc) is 2.29. The Hall–Kier alpha value is -0.570. The molecule has 1 atom stereocenters. The van der Waals surface area contributed by atoms with Crippen molar-refractivity contribution >= 4 is 5.91 Å². The van der Waals surface area contributed by atoms with Crippen LogP contribution in [0.4, 0.5) is 0 Å². The monoisotopic (exact) mass is 198 g/mol. The van der Waals surface area contributed by atoms with E-state index in [0.717, 1.165) is 13.1 Å². The van der Waals surface area contributed by atoms with Gasteiger partial charge in [-0.1, -0.05) is 27.7 Å². The van der Waals surface area contributed by atoms with Crippen LogP contribution in [0.5, 0.6) is 0 Å². The number of rotatable bonds is 3. The maximum Gasteiger partial charge on any atom is 0.220 e. The van der Waals surface area contributed by atoms with E-state index in [1.807, 2.05) is 0 Å². The zero-order chi connectivity index (χ0) is 10.8. The van der Waals surface area contributed by atoms with Gasteiger partial charge in [-0.2, -0.15) is 0 Å². The Morgan fingerprint density at radius 3 is 2.64 bits per heavy atom. The van der Waals surface area contributed by atoms with Crippen molar-refractivity contribution in [3.8, 4) is 0 Å². The molecule has 0 aromatic carbocycles. The minimum Gasteiger partial charge on any atom is -0.351 e. The maximum absolute atomic E-state index is 11.6. The summed E-state index contributed by atoms with van der Waals surface area (Å²) in [4.78, 5) is 11.6. The van der Waals surface area contributed by atoms with Crippen LogP contribution in [0.3, 0.4) is 0 Å². The van der Waals surface area contributed by atoms with Gasteiger partial charge in [0, 0.05) is 25.6 Å². The highest BCUT2D eigenvalue weighted by Gasteiger charge is 2.35. The fourth-order valence-electron chi connectivity index (χ4n) is 1.81. The number of nitrogens with one attached hydrogen (secondary N) is 2. The number of amides is 1. The molecule has 0 radical (unpaired) electrons. The van der Waals surface area contributed by atoms with Crippen molar-refractivity contribution in [2.24, 2.45) is 11.3 Å². The molecule has 1 fully saturated rings. The Morgan fingerprint density at radius 2 is 2.21 bits per heavy atom. The van der Waals surface area contributed by atoms with Crippen molar-refractivity contribution in [1.82, 2.24) is 10.6 Å². The van der Waals surface area contributed by atoms with Gasteiger partial charge in [-0.3, -0.25) is 4.79 Å². The zero-order valence-corrected chi connectivity index (χ0v) is 9.68. The molecule has 14 heavy (non-hydrogen) atoms. The van der Waals surface area contributed by atoms with Gasteiger partial charge in [-0.25, -0.2) is 0 Å². The summed E-state index contributed by atoms with van der Waals surface area (Å²) in [5.41, 5.74) is 0.187. The quantitative estimate of drug-likeness (QED) is 0.714.